The number of carbonyl (C=O) groups is 2. The molecule has 1 heterocycles. The van der Waals surface area contributed by atoms with E-state index in [2.05, 4.69) is 4.74 Å². The highest BCUT2D eigenvalue weighted by Gasteiger charge is 2.22. The Kier molecular flexibility index (Phi) is 4.62. The van der Waals surface area contributed by atoms with Crippen LogP contribution < -0.4 is 0 Å². The van der Waals surface area contributed by atoms with E-state index in [1.54, 1.807) is 36.4 Å². The van der Waals surface area contributed by atoms with Crippen LogP contribution in [0.4, 0.5) is 5.69 Å². The van der Waals surface area contributed by atoms with Gasteiger partial charge in [-0.3, -0.25) is 10.1 Å². The summed E-state index contributed by atoms with van der Waals surface area (Å²) in [6, 6.07) is 12.3. The van der Waals surface area contributed by atoms with Gasteiger partial charge in [-0.05, 0) is 42.0 Å². The van der Waals surface area contributed by atoms with Gasteiger partial charge >= 0.3 is 11.9 Å². The number of carbonyl (C=O) groups excluding carboxylic acids is 2. The minimum atomic E-state index is -0.518. The van der Waals surface area contributed by atoms with Gasteiger partial charge in [-0.2, -0.15) is 0 Å². The number of hydrogen-bond acceptors (Lipinski definition) is 6. The van der Waals surface area contributed by atoms with Gasteiger partial charge in [0.05, 0.1) is 23.2 Å². The number of ether oxygens (including phenoxy) is 2. The van der Waals surface area contributed by atoms with Crippen molar-refractivity contribution in [3.05, 3.63) is 87.0 Å². The van der Waals surface area contributed by atoms with Gasteiger partial charge in [-0.25, -0.2) is 9.59 Å². The van der Waals surface area contributed by atoms with Crippen LogP contribution in [0.25, 0.3) is 11.8 Å². The number of esters is 2. The van der Waals surface area contributed by atoms with E-state index in [1.807, 2.05) is 0 Å². The molecule has 0 saturated heterocycles. The Morgan fingerprint density at radius 1 is 1.12 bits per heavy atom. The van der Waals surface area contributed by atoms with Gasteiger partial charge in [0.15, 0.2) is 0 Å². The predicted molar refractivity (Wildman–Crippen MR) is 92.9 cm³/mol. The molecule has 7 nitrogen and oxygen atoms in total. The highest BCUT2D eigenvalue weighted by molar-refractivity contribution is 6.05. The molecule has 26 heavy (non-hydrogen) atoms. The van der Waals surface area contributed by atoms with Crippen LogP contribution in [0.1, 0.15) is 21.5 Å². The Labute approximate surface area is 148 Å². The standard InChI is InChI=1S/C19H13NO6/c1-25-18(21)14-4-2-12(3-5-14)10-15-11-17(26-19(15)22)13-6-8-16(9-7-13)20(23)24/h2-11H,1H3/b15-10-. The summed E-state index contributed by atoms with van der Waals surface area (Å²) in [5, 5.41) is 10.7. The second kappa shape index (κ2) is 7.02. The van der Waals surface area contributed by atoms with Gasteiger partial charge < -0.3 is 9.47 Å². The van der Waals surface area contributed by atoms with Crippen LogP contribution in [0.3, 0.4) is 0 Å². The fourth-order valence-corrected chi connectivity index (χ4v) is 2.39. The lowest BCUT2D eigenvalue weighted by atomic mass is 10.1. The molecule has 0 unspecified atom stereocenters. The van der Waals surface area contributed by atoms with Gasteiger partial charge in [0.1, 0.15) is 5.76 Å². The molecule has 130 valence electrons. The van der Waals surface area contributed by atoms with E-state index >= 15 is 0 Å². The molecule has 0 fully saturated rings. The Morgan fingerprint density at radius 3 is 2.35 bits per heavy atom. The number of hydrogen-bond donors (Lipinski definition) is 0. The molecule has 1 aliphatic heterocycles. The van der Waals surface area contributed by atoms with Crippen LogP contribution in [-0.4, -0.2) is 24.0 Å². The van der Waals surface area contributed by atoms with Crippen molar-refractivity contribution < 1.29 is 24.0 Å². The van der Waals surface area contributed by atoms with Crippen molar-refractivity contribution in [1.29, 1.82) is 0 Å². The van der Waals surface area contributed by atoms with E-state index in [-0.39, 0.29) is 5.69 Å². The van der Waals surface area contributed by atoms with E-state index in [1.165, 1.54) is 31.4 Å². The van der Waals surface area contributed by atoms with Crippen LogP contribution in [0.15, 0.2) is 60.2 Å². The molecular weight excluding hydrogens is 338 g/mol. The van der Waals surface area contributed by atoms with Crippen molar-refractivity contribution in [3.8, 4) is 0 Å². The zero-order valence-electron chi connectivity index (χ0n) is 13.7. The van der Waals surface area contributed by atoms with Crippen molar-refractivity contribution in [2.75, 3.05) is 7.11 Å². The summed E-state index contributed by atoms with van der Waals surface area (Å²) in [6.45, 7) is 0. The first kappa shape index (κ1) is 17.1. The van der Waals surface area contributed by atoms with Gasteiger partial charge in [-0.1, -0.05) is 12.1 Å². The van der Waals surface area contributed by atoms with Gasteiger partial charge in [-0.15, -0.1) is 0 Å². The van der Waals surface area contributed by atoms with Crippen LogP contribution >= 0.6 is 0 Å². The largest absolute Gasteiger partial charge is 0.465 e. The maximum atomic E-state index is 12.0. The molecule has 0 amide bonds. The molecule has 0 aromatic heterocycles. The topological polar surface area (TPSA) is 95.7 Å². The SMILES string of the molecule is COC(=O)c1ccc(/C=C2/C=C(c3ccc([N+](=O)[O-])cc3)OC2=O)cc1. The third kappa shape index (κ3) is 3.51. The third-order valence-corrected chi connectivity index (χ3v) is 3.74. The first-order chi connectivity index (χ1) is 12.5. The van der Waals surface area contributed by atoms with E-state index < -0.39 is 16.9 Å². The molecule has 0 bridgehead atoms. The maximum Gasteiger partial charge on any atom is 0.343 e. The minimum Gasteiger partial charge on any atom is -0.465 e. The zero-order chi connectivity index (χ0) is 18.7. The number of benzene rings is 2. The highest BCUT2D eigenvalue weighted by atomic mass is 16.6. The molecular formula is C19H13NO6. The van der Waals surface area contributed by atoms with Crippen molar-refractivity contribution in [1.82, 2.24) is 0 Å². The first-order valence-electron chi connectivity index (χ1n) is 7.57. The molecule has 0 atom stereocenters. The summed E-state index contributed by atoms with van der Waals surface area (Å²) < 4.78 is 9.85. The average molecular weight is 351 g/mol. The van der Waals surface area contributed by atoms with Gasteiger partial charge in [0.25, 0.3) is 5.69 Å². The summed E-state index contributed by atoms with van der Waals surface area (Å²) in [4.78, 5) is 33.7. The number of cyclic esters (lactones) is 1. The van der Waals surface area contributed by atoms with E-state index in [0.29, 0.717) is 28.0 Å². The maximum absolute atomic E-state index is 12.0. The monoisotopic (exact) mass is 351 g/mol. The predicted octanol–water partition coefficient (Wildman–Crippen LogP) is 3.36. The molecule has 0 aliphatic carbocycles. The van der Waals surface area contributed by atoms with Crippen LogP contribution in [0.2, 0.25) is 0 Å². The summed E-state index contributed by atoms with van der Waals surface area (Å²) in [7, 11) is 1.30. The number of methoxy groups -OCH3 is 1. The second-order valence-electron chi connectivity index (χ2n) is 5.42. The molecule has 2 aromatic rings. The Balaban J connectivity index is 1.84. The van der Waals surface area contributed by atoms with Crippen molar-refractivity contribution in [2.24, 2.45) is 0 Å². The number of non-ortho nitro benzene ring substituents is 1. The number of nitro benzene ring substituents is 1. The van der Waals surface area contributed by atoms with Gasteiger partial charge in [0.2, 0.25) is 0 Å². The molecule has 1 aliphatic rings. The molecule has 0 radical (unpaired) electrons. The number of nitrogens with zero attached hydrogens (tertiary/aromatic N) is 1. The summed E-state index contributed by atoms with van der Waals surface area (Å²) in [6.07, 6.45) is 3.19. The molecule has 0 N–H and O–H groups in total. The lowest BCUT2D eigenvalue weighted by molar-refractivity contribution is -0.384. The molecule has 2 aromatic carbocycles. The van der Waals surface area contributed by atoms with Crippen LogP contribution in [-0.2, 0) is 14.3 Å². The van der Waals surface area contributed by atoms with Crippen LogP contribution in [0, 0.1) is 10.1 Å². The zero-order valence-corrected chi connectivity index (χ0v) is 13.7. The fraction of sp³-hybridized carbons (Fsp3) is 0.0526. The smallest absolute Gasteiger partial charge is 0.343 e. The summed E-state index contributed by atoms with van der Waals surface area (Å²) >= 11 is 0. The molecule has 0 saturated carbocycles. The third-order valence-electron chi connectivity index (χ3n) is 3.74. The Morgan fingerprint density at radius 2 is 1.77 bits per heavy atom. The quantitative estimate of drug-likeness (QED) is 0.363. The second-order valence-corrected chi connectivity index (χ2v) is 5.42. The van der Waals surface area contributed by atoms with Crippen molar-refractivity contribution in [3.63, 3.8) is 0 Å². The average Bonchev–Trinajstić information content (AvgIpc) is 3.02. The van der Waals surface area contributed by atoms with Crippen molar-refractivity contribution in [2.45, 2.75) is 0 Å². The number of nitro groups is 1. The lowest BCUT2D eigenvalue weighted by Crippen LogP contribution is -2.00. The van der Waals surface area contributed by atoms with E-state index in [0.717, 1.165) is 0 Å². The van der Waals surface area contributed by atoms with Crippen molar-refractivity contribution >= 4 is 29.5 Å². The van der Waals surface area contributed by atoms with Gasteiger partial charge in [0, 0.05) is 17.7 Å². The highest BCUT2D eigenvalue weighted by Crippen LogP contribution is 2.28. The Bertz CT molecular complexity index is 939. The molecule has 0 spiro atoms. The first-order valence-corrected chi connectivity index (χ1v) is 7.57. The van der Waals surface area contributed by atoms with Crippen LogP contribution in [0.5, 0.6) is 0 Å². The normalized spacial score (nSPS) is 14.7. The lowest BCUT2D eigenvalue weighted by Gasteiger charge is -2.01. The van der Waals surface area contributed by atoms with E-state index in [9.17, 15) is 19.7 Å². The number of rotatable bonds is 4. The molecule has 7 heteroatoms. The summed E-state index contributed by atoms with van der Waals surface area (Å²) in [5.74, 6) is -0.637. The fourth-order valence-electron chi connectivity index (χ4n) is 2.39. The Hall–Kier alpha value is -3.74. The minimum absolute atomic E-state index is 0.0415. The summed E-state index contributed by atoms with van der Waals surface area (Å²) in [5.41, 5.74) is 1.98. The molecule has 3 rings (SSSR count). The van der Waals surface area contributed by atoms with E-state index in [4.69, 9.17) is 4.74 Å².